The van der Waals surface area contributed by atoms with Crippen molar-refractivity contribution in [3.63, 3.8) is 0 Å². The first-order chi connectivity index (χ1) is 8.75. The molecule has 18 heavy (non-hydrogen) atoms. The van der Waals surface area contributed by atoms with E-state index in [2.05, 4.69) is 0 Å². The van der Waals surface area contributed by atoms with Crippen LogP contribution < -0.4 is 0 Å². The van der Waals surface area contributed by atoms with Crippen LogP contribution in [0.2, 0.25) is 0 Å². The molecule has 2 aromatic carbocycles. The molecule has 0 aliphatic carbocycles. The minimum Gasteiger partial charge on any atom is -0.478 e. The Balaban J connectivity index is 2.24. The van der Waals surface area contributed by atoms with Crippen molar-refractivity contribution in [2.75, 3.05) is 0 Å². The van der Waals surface area contributed by atoms with Crippen molar-refractivity contribution < 1.29 is 14.3 Å². The zero-order valence-corrected chi connectivity index (χ0v) is 9.46. The molecule has 1 N–H and O–H groups in total. The molecule has 0 saturated heterocycles. The van der Waals surface area contributed by atoms with Crippen molar-refractivity contribution in [2.45, 2.75) is 0 Å². The lowest BCUT2D eigenvalue weighted by molar-refractivity contribution is 0.0697. The molecule has 1 heterocycles. The average Bonchev–Trinajstić information content (AvgIpc) is 2.82. The van der Waals surface area contributed by atoms with Gasteiger partial charge in [-0.1, -0.05) is 30.3 Å². The minimum absolute atomic E-state index is 0.265. The van der Waals surface area contributed by atoms with Gasteiger partial charge >= 0.3 is 5.97 Å². The normalized spacial score (nSPS) is 10.7. The number of fused-ring (bicyclic) bond motifs is 1. The van der Waals surface area contributed by atoms with Crippen molar-refractivity contribution in [3.05, 3.63) is 60.4 Å². The number of hydrogen-bond donors (Lipinski definition) is 1. The van der Waals surface area contributed by atoms with Gasteiger partial charge in [0.15, 0.2) is 0 Å². The van der Waals surface area contributed by atoms with Gasteiger partial charge in [0.2, 0.25) is 0 Å². The molecule has 3 heteroatoms. The highest BCUT2D eigenvalue weighted by atomic mass is 16.4. The highest BCUT2D eigenvalue weighted by molar-refractivity contribution is 5.99. The summed E-state index contributed by atoms with van der Waals surface area (Å²) in [5.41, 5.74) is 2.88. The average molecular weight is 238 g/mol. The van der Waals surface area contributed by atoms with E-state index in [1.165, 1.54) is 0 Å². The molecular formula is C15H10O3. The summed E-state index contributed by atoms with van der Waals surface area (Å²) in [4.78, 5) is 11.0. The predicted octanol–water partition coefficient (Wildman–Crippen LogP) is 3.80. The van der Waals surface area contributed by atoms with Crippen LogP contribution in [-0.4, -0.2) is 11.1 Å². The first-order valence-electron chi connectivity index (χ1n) is 5.55. The molecule has 0 aliphatic rings. The van der Waals surface area contributed by atoms with Gasteiger partial charge in [0.1, 0.15) is 5.58 Å². The number of hydrogen-bond acceptors (Lipinski definition) is 2. The highest BCUT2D eigenvalue weighted by Crippen LogP contribution is 2.31. The molecule has 0 fully saturated rings. The van der Waals surface area contributed by atoms with Crippen LogP contribution in [-0.2, 0) is 0 Å². The molecule has 88 valence electrons. The lowest BCUT2D eigenvalue weighted by atomic mass is 10.0. The maximum absolute atomic E-state index is 11.0. The zero-order valence-electron chi connectivity index (χ0n) is 9.46. The number of carboxylic acids is 1. The minimum atomic E-state index is -0.933. The van der Waals surface area contributed by atoms with Crippen LogP contribution in [0.25, 0.3) is 22.1 Å². The van der Waals surface area contributed by atoms with E-state index in [0.717, 1.165) is 16.5 Å². The fraction of sp³-hybridized carbons (Fsp3) is 0. The number of furan rings is 1. The van der Waals surface area contributed by atoms with E-state index in [-0.39, 0.29) is 5.56 Å². The van der Waals surface area contributed by atoms with E-state index in [1.54, 1.807) is 24.5 Å². The Morgan fingerprint density at radius 1 is 1.06 bits per heavy atom. The van der Waals surface area contributed by atoms with Crippen LogP contribution in [0.4, 0.5) is 0 Å². The Kier molecular flexibility index (Phi) is 2.38. The lowest BCUT2D eigenvalue weighted by Gasteiger charge is -1.99. The molecule has 0 spiro atoms. The highest BCUT2D eigenvalue weighted by Gasteiger charge is 2.10. The van der Waals surface area contributed by atoms with Crippen molar-refractivity contribution in [1.82, 2.24) is 0 Å². The van der Waals surface area contributed by atoms with Crippen LogP contribution in [0.5, 0.6) is 0 Å². The lowest BCUT2D eigenvalue weighted by Crippen LogP contribution is -1.94. The monoisotopic (exact) mass is 238 g/mol. The third-order valence-corrected chi connectivity index (χ3v) is 2.91. The van der Waals surface area contributed by atoms with Crippen molar-refractivity contribution in [2.24, 2.45) is 0 Å². The second kappa shape index (κ2) is 4.04. The van der Waals surface area contributed by atoms with E-state index in [4.69, 9.17) is 9.52 Å². The fourth-order valence-electron chi connectivity index (χ4n) is 2.00. The molecular weight excluding hydrogens is 228 g/mol. The maximum Gasteiger partial charge on any atom is 0.335 e. The Hall–Kier alpha value is -2.55. The molecule has 0 atom stereocenters. The third kappa shape index (κ3) is 1.66. The molecule has 0 saturated carbocycles. The molecule has 0 unspecified atom stereocenters. The summed E-state index contributed by atoms with van der Waals surface area (Å²) >= 11 is 0. The largest absolute Gasteiger partial charge is 0.478 e. The van der Waals surface area contributed by atoms with Gasteiger partial charge in [-0.25, -0.2) is 4.79 Å². The summed E-state index contributed by atoms with van der Waals surface area (Å²) in [6.45, 7) is 0. The Labute approximate surface area is 103 Å². The van der Waals surface area contributed by atoms with Crippen LogP contribution >= 0.6 is 0 Å². The fourth-order valence-corrected chi connectivity index (χ4v) is 2.00. The molecule has 3 aromatic rings. The summed E-state index contributed by atoms with van der Waals surface area (Å²) in [5, 5.41) is 9.83. The second-order valence-electron chi connectivity index (χ2n) is 4.03. The smallest absolute Gasteiger partial charge is 0.335 e. The Bertz CT molecular complexity index is 711. The first-order valence-corrected chi connectivity index (χ1v) is 5.55. The zero-order chi connectivity index (χ0) is 12.5. The number of carbonyl (C=O) groups is 1. The van der Waals surface area contributed by atoms with Gasteiger partial charge in [-0.15, -0.1) is 0 Å². The van der Waals surface area contributed by atoms with E-state index in [1.807, 2.05) is 30.3 Å². The number of carboxylic acid groups (broad SMARTS) is 1. The van der Waals surface area contributed by atoms with Crippen molar-refractivity contribution >= 4 is 16.9 Å². The van der Waals surface area contributed by atoms with Crippen LogP contribution in [0, 0.1) is 0 Å². The van der Waals surface area contributed by atoms with Gasteiger partial charge in [0, 0.05) is 10.9 Å². The maximum atomic E-state index is 11.0. The van der Waals surface area contributed by atoms with Crippen LogP contribution in [0.15, 0.2) is 59.2 Å². The molecule has 0 radical (unpaired) electrons. The number of aromatic carboxylic acids is 1. The summed E-state index contributed by atoms with van der Waals surface area (Å²) in [5.74, 6) is -0.933. The SMILES string of the molecule is O=C(O)c1ccc2occ(-c3ccccc3)c2c1. The molecule has 0 amide bonds. The van der Waals surface area contributed by atoms with Gasteiger partial charge in [-0.2, -0.15) is 0 Å². The number of benzene rings is 2. The topological polar surface area (TPSA) is 50.4 Å². The molecule has 1 aromatic heterocycles. The van der Waals surface area contributed by atoms with E-state index >= 15 is 0 Å². The Morgan fingerprint density at radius 3 is 2.56 bits per heavy atom. The van der Waals surface area contributed by atoms with Gasteiger partial charge in [-0.3, -0.25) is 0 Å². The first kappa shape index (κ1) is 10.6. The van der Waals surface area contributed by atoms with Gasteiger partial charge in [-0.05, 0) is 23.8 Å². The molecule has 0 aliphatic heterocycles. The predicted molar refractivity (Wildman–Crippen MR) is 68.6 cm³/mol. The quantitative estimate of drug-likeness (QED) is 0.738. The molecule has 3 rings (SSSR count). The van der Waals surface area contributed by atoms with Gasteiger partial charge in [0.05, 0.1) is 11.8 Å². The summed E-state index contributed by atoms with van der Waals surface area (Å²) in [6.07, 6.45) is 1.66. The van der Waals surface area contributed by atoms with E-state index in [9.17, 15) is 4.79 Å². The number of rotatable bonds is 2. The molecule has 0 bridgehead atoms. The van der Waals surface area contributed by atoms with Crippen molar-refractivity contribution in [3.8, 4) is 11.1 Å². The van der Waals surface area contributed by atoms with Crippen LogP contribution in [0.1, 0.15) is 10.4 Å². The van der Waals surface area contributed by atoms with Crippen LogP contribution in [0.3, 0.4) is 0 Å². The van der Waals surface area contributed by atoms with E-state index < -0.39 is 5.97 Å². The summed E-state index contributed by atoms with van der Waals surface area (Å²) < 4.78 is 5.45. The standard InChI is InChI=1S/C15H10O3/c16-15(17)11-6-7-14-12(8-11)13(9-18-14)10-4-2-1-3-5-10/h1-9H,(H,16,17). The second-order valence-corrected chi connectivity index (χ2v) is 4.03. The van der Waals surface area contributed by atoms with Gasteiger partial charge < -0.3 is 9.52 Å². The Morgan fingerprint density at radius 2 is 1.83 bits per heavy atom. The van der Waals surface area contributed by atoms with Crippen molar-refractivity contribution in [1.29, 1.82) is 0 Å². The summed E-state index contributed by atoms with van der Waals surface area (Å²) in [7, 11) is 0. The van der Waals surface area contributed by atoms with Gasteiger partial charge in [0.25, 0.3) is 0 Å². The third-order valence-electron chi connectivity index (χ3n) is 2.91. The summed E-state index contributed by atoms with van der Waals surface area (Å²) in [6, 6.07) is 14.6. The molecule has 3 nitrogen and oxygen atoms in total. The van der Waals surface area contributed by atoms with E-state index in [0.29, 0.717) is 5.58 Å².